The second-order valence-corrected chi connectivity index (χ2v) is 8.27. The summed E-state index contributed by atoms with van der Waals surface area (Å²) in [4.78, 5) is 50.1. The highest BCUT2D eigenvalue weighted by Gasteiger charge is 2.39. The van der Waals surface area contributed by atoms with Crippen LogP contribution >= 0.6 is 15.9 Å². The molecule has 1 saturated carbocycles. The number of nitrogens with one attached hydrogen (secondary N) is 2. The zero-order valence-electron chi connectivity index (χ0n) is 16.0. The van der Waals surface area contributed by atoms with E-state index < -0.39 is 30.3 Å². The third-order valence-electron chi connectivity index (χ3n) is 5.27. The van der Waals surface area contributed by atoms with Gasteiger partial charge in [0.2, 0.25) is 5.91 Å². The van der Waals surface area contributed by atoms with E-state index in [0.29, 0.717) is 12.1 Å². The Morgan fingerprint density at radius 2 is 1.76 bits per heavy atom. The van der Waals surface area contributed by atoms with Gasteiger partial charge in [-0.05, 0) is 37.1 Å². The summed E-state index contributed by atoms with van der Waals surface area (Å²) in [5, 5.41) is 0. The molecule has 0 bridgehead atoms. The normalized spacial score (nSPS) is 19.7. The van der Waals surface area contributed by atoms with Gasteiger partial charge in [-0.3, -0.25) is 30.0 Å². The number of carbonyl (C=O) groups excluding carboxylic acids is 4. The number of esters is 1. The monoisotopic (exact) mass is 465 g/mol. The van der Waals surface area contributed by atoms with Crippen molar-refractivity contribution in [2.45, 2.75) is 44.6 Å². The number of hydrogen-bond acceptors (Lipinski definition) is 5. The molecule has 0 spiro atoms. The maximum absolute atomic E-state index is 12.2. The molecule has 2 fully saturated rings. The molecule has 1 saturated heterocycles. The first-order chi connectivity index (χ1) is 13.9. The summed E-state index contributed by atoms with van der Waals surface area (Å²) in [6.45, 7) is -0.169. The van der Waals surface area contributed by atoms with E-state index in [1.165, 1.54) is 6.42 Å². The van der Waals surface area contributed by atoms with Gasteiger partial charge in [-0.15, -0.1) is 0 Å². The molecule has 29 heavy (non-hydrogen) atoms. The van der Waals surface area contributed by atoms with Gasteiger partial charge in [-0.2, -0.15) is 0 Å². The third kappa shape index (κ3) is 5.79. The topological polar surface area (TPSA) is 105 Å². The van der Waals surface area contributed by atoms with Crippen LogP contribution in [0.15, 0.2) is 28.7 Å². The molecule has 1 aromatic rings. The predicted octanol–water partition coefficient (Wildman–Crippen LogP) is 1.93. The van der Waals surface area contributed by atoms with E-state index in [9.17, 15) is 19.2 Å². The summed E-state index contributed by atoms with van der Waals surface area (Å²) in [6.07, 6.45) is 5.49. The van der Waals surface area contributed by atoms with Gasteiger partial charge in [-0.25, -0.2) is 0 Å². The molecule has 0 radical (unpaired) electrons. The van der Waals surface area contributed by atoms with Crippen molar-refractivity contribution in [1.82, 2.24) is 15.8 Å². The van der Waals surface area contributed by atoms with Crippen LogP contribution in [-0.4, -0.2) is 47.8 Å². The highest BCUT2D eigenvalue weighted by molar-refractivity contribution is 9.10. The summed E-state index contributed by atoms with van der Waals surface area (Å²) >= 11 is 3.27. The zero-order valence-corrected chi connectivity index (χ0v) is 17.6. The smallest absolute Gasteiger partial charge is 0.311 e. The van der Waals surface area contributed by atoms with E-state index in [0.717, 1.165) is 30.2 Å². The number of likely N-dealkylation sites (tertiary alicyclic amines) is 1. The van der Waals surface area contributed by atoms with Crippen LogP contribution in [0.2, 0.25) is 0 Å². The Labute approximate surface area is 177 Å². The molecule has 3 rings (SSSR count). The highest BCUT2D eigenvalue weighted by Crippen LogP contribution is 2.29. The lowest BCUT2D eigenvalue weighted by Crippen LogP contribution is -2.44. The minimum atomic E-state index is -0.655. The molecule has 1 heterocycles. The van der Waals surface area contributed by atoms with Crippen LogP contribution in [-0.2, 0) is 19.1 Å². The van der Waals surface area contributed by atoms with Crippen molar-refractivity contribution in [1.29, 1.82) is 0 Å². The third-order valence-corrected chi connectivity index (χ3v) is 5.80. The van der Waals surface area contributed by atoms with E-state index in [1.807, 2.05) is 0 Å². The van der Waals surface area contributed by atoms with Gasteiger partial charge < -0.3 is 9.64 Å². The fraction of sp³-hybridized carbons (Fsp3) is 0.500. The fourth-order valence-electron chi connectivity index (χ4n) is 3.73. The van der Waals surface area contributed by atoms with E-state index in [1.54, 1.807) is 29.2 Å². The van der Waals surface area contributed by atoms with E-state index in [2.05, 4.69) is 26.8 Å². The zero-order chi connectivity index (χ0) is 20.8. The van der Waals surface area contributed by atoms with Crippen molar-refractivity contribution < 1.29 is 23.9 Å². The Morgan fingerprint density at radius 3 is 2.45 bits per heavy atom. The van der Waals surface area contributed by atoms with Crippen LogP contribution in [0.1, 0.15) is 48.9 Å². The minimum Gasteiger partial charge on any atom is -0.455 e. The van der Waals surface area contributed by atoms with Crippen molar-refractivity contribution in [3.8, 4) is 0 Å². The summed E-state index contributed by atoms with van der Waals surface area (Å²) in [5.41, 5.74) is 4.84. The van der Waals surface area contributed by atoms with Gasteiger partial charge in [0.15, 0.2) is 6.61 Å². The van der Waals surface area contributed by atoms with Crippen LogP contribution in [0.5, 0.6) is 0 Å². The van der Waals surface area contributed by atoms with Crippen molar-refractivity contribution in [2.75, 3.05) is 13.2 Å². The van der Waals surface area contributed by atoms with E-state index in [-0.39, 0.29) is 18.4 Å². The SMILES string of the molecule is O=C(COC(=O)[C@@H]1CC(=O)N(C2CCCCC2)C1)NNC(=O)c1ccc(Br)cc1. The molecular weight excluding hydrogens is 442 g/mol. The lowest BCUT2D eigenvalue weighted by atomic mass is 9.94. The predicted molar refractivity (Wildman–Crippen MR) is 107 cm³/mol. The number of hydrazine groups is 1. The average Bonchev–Trinajstić information content (AvgIpc) is 3.13. The Morgan fingerprint density at radius 1 is 1.07 bits per heavy atom. The van der Waals surface area contributed by atoms with Gasteiger partial charge in [0.1, 0.15) is 0 Å². The molecule has 2 aliphatic rings. The number of benzene rings is 1. The standard InChI is InChI=1S/C20H24BrN3O5/c21-15-8-6-13(7-9-15)19(27)23-22-17(25)12-29-20(28)14-10-18(26)24(11-14)16-4-2-1-3-5-16/h6-9,14,16H,1-5,10-12H2,(H,22,25)(H,23,27)/t14-/m1/s1. The molecule has 9 heteroatoms. The van der Waals surface area contributed by atoms with Gasteiger partial charge >= 0.3 is 5.97 Å². The van der Waals surface area contributed by atoms with Crippen LogP contribution in [0.25, 0.3) is 0 Å². The number of halogens is 1. The summed E-state index contributed by atoms with van der Waals surface area (Å²) in [6, 6.07) is 6.82. The minimum absolute atomic E-state index is 0.0231. The summed E-state index contributed by atoms with van der Waals surface area (Å²) < 4.78 is 5.87. The van der Waals surface area contributed by atoms with Crippen LogP contribution in [0.3, 0.4) is 0 Å². The maximum Gasteiger partial charge on any atom is 0.311 e. The van der Waals surface area contributed by atoms with Crippen LogP contribution in [0, 0.1) is 5.92 Å². The van der Waals surface area contributed by atoms with Crippen molar-refractivity contribution >= 4 is 39.6 Å². The fourth-order valence-corrected chi connectivity index (χ4v) is 3.99. The van der Waals surface area contributed by atoms with Gasteiger partial charge in [0.25, 0.3) is 11.8 Å². The molecule has 156 valence electrons. The quantitative estimate of drug-likeness (QED) is 0.510. The second kappa shape index (κ2) is 9.87. The van der Waals surface area contributed by atoms with E-state index >= 15 is 0 Å². The van der Waals surface area contributed by atoms with Crippen molar-refractivity contribution in [3.05, 3.63) is 34.3 Å². The number of amides is 3. The average molecular weight is 466 g/mol. The van der Waals surface area contributed by atoms with Gasteiger partial charge in [-0.1, -0.05) is 35.2 Å². The Hall–Kier alpha value is -2.42. The molecule has 1 aliphatic heterocycles. The molecule has 2 N–H and O–H groups in total. The molecule has 3 amide bonds. The van der Waals surface area contributed by atoms with E-state index in [4.69, 9.17) is 4.74 Å². The highest BCUT2D eigenvalue weighted by atomic mass is 79.9. The largest absolute Gasteiger partial charge is 0.455 e. The van der Waals surface area contributed by atoms with Crippen LogP contribution < -0.4 is 10.9 Å². The molecule has 1 aromatic carbocycles. The van der Waals surface area contributed by atoms with Crippen LogP contribution in [0.4, 0.5) is 0 Å². The second-order valence-electron chi connectivity index (χ2n) is 7.36. The first-order valence-electron chi connectivity index (χ1n) is 9.75. The first kappa shape index (κ1) is 21.3. The lowest BCUT2D eigenvalue weighted by Gasteiger charge is -2.31. The summed E-state index contributed by atoms with van der Waals surface area (Å²) in [5.74, 6) is -2.27. The Bertz CT molecular complexity index is 777. The number of rotatable bonds is 5. The Kier molecular flexibility index (Phi) is 7.24. The Balaban J connectivity index is 1.39. The summed E-state index contributed by atoms with van der Waals surface area (Å²) in [7, 11) is 0. The number of ether oxygens (including phenoxy) is 1. The number of nitrogens with zero attached hydrogens (tertiary/aromatic N) is 1. The lowest BCUT2D eigenvalue weighted by molar-refractivity contribution is -0.152. The van der Waals surface area contributed by atoms with Crippen molar-refractivity contribution in [2.24, 2.45) is 5.92 Å². The first-order valence-corrected chi connectivity index (χ1v) is 10.5. The molecule has 0 aromatic heterocycles. The molecular formula is C20H24BrN3O5. The molecule has 0 unspecified atom stereocenters. The number of hydrogen-bond donors (Lipinski definition) is 2. The van der Waals surface area contributed by atoms with Gasteiger partial charge in [0.05, 0.1) is 5.92 Å². The van der Waals surface area contributed by atoms with Crippen molar-refractivity contribution in [3.63, 3.8) is 0 Å². The maximum atomic E-state index is 12.2. The number of carbonyl (C=O) groups is 4. The molecule has 1 aliphatic carbocycles. The molecule has 1 atom stereocenters. The van der Waals surface area contributed by atoms with Gasteiger partial charge in [0, 0.05) is 29.0 Å². The molecule has 8 nitrogen and oxygen atoms in total.